The van der Waals surface area contributed by atoms with Crippen LogP contribution < -0.4 is 5.32 Å². The molecule has 0 aliphatic rings. The predicted octanol–water partition coefficient (Wildman–Crippen LogP) is 3.72. The van der Waals surface area contributed by atoms with Crippen LogP contribution in [0.2, 0.25) is 0 Å². The van der Waals surface area contributed by atoms with Gasteiger partial charge in [-0.2, -0.15) is 0 Å². The summed E-state index contributed by atoms with van der Waals surface area (Å²) < 4.78 is 0. The maximum Gasteiger partial charge on any atom is 0.0890 e. The average molecular weight is 257 g/mol. The summed E-state index contributed by atoms with van der Waals surface area (Å²) in [7, 11) is 2.00. The Morgan fingerprint density at radius 3 is 2.42 bits per heavy atom. The Balaban J connectivity index is 2.24. The molecule has 19 heavy (non-hydrogen) atoms. The van der Waals surface area contributed by atoms with E-state index in [1.54, 1.807) is 0 Å². The molecule has 0 amide bonds. The van der Waals surface area contributed by atoms with Crippen LogP contribution in [0.3, 0.4) is 0 Å². The molecule has 0 radical (unpaired) electrons. The molecule has 1 atom stereocenters. The van der Waals surface area contributed by atoms with E-state index >= 15 is 0 Å². The molecule has 0 saturated heterocycles. The highest BCUT2D eigenvalue weighted by Gasteiger charge is 2.16. The number of aromatic nitrogens is 2. The lowest BCUT2D eigenvalue weighted by Crippen LogP contribution is -2.21. The third-order valence-corrected chi connectivity index (χ3v) is 3.90. The molecule has 0 saturated carbocycles. The van der Waals surface area contributed by atoms with Gasteiger partial charge in [-0.1, -0.05) is 38.8 Å². The minimum Gasteiger partial charge on any atom is -0.312 e. The van der Waals surface area contributed by atoms with Gasteiger partial charge in [-0.15, -0.1) is 0 Å². The Kier molecular flexibility index (Phi) is 4.86. The van der Waals surface area contributed by atoms with Gasteiger partial charge in [-0.3, -0.25) is 4.98 Å². The summed E-state index contributed by atoms with van der Waals surface area (Å²) in [4.78, 5) is 9.25. The number of nitrogens with zero attached hydrogens (tertiary/aromatic N) is 2. The van der Waals surface area contributed by atoms with Crippen LogP contribution >= 0.6 is 0 Å². The second-order valence-electron chi connectivity index (χ2n) is 5.04. The van der Waals surface area contributed by atoms with E-state index in [1.165, 1.54) is 12.8 Å². The molecule has 1 aromatic heterocycles. The van der Waals surface area contributed by atoms with Crippen molar-refractivity contribution >= 4 is 11.0 Å². The monoisotopic (exact) mass is 257 g/mol. The van der Waals surface area contributed by atoms with E-state index in [9.17, 15) is 0 Å². The van der Waals surface area contributed by atoms with Crippen LogP contribution in [-0.4, -0.2) is 17.0 Å². The van der Waals surface area contributed by atoms with Crippen LogP contribution in [0, 0.1) is 5.92 Å². The summed E-state index contributed by atoms with van der Waals surface area (Å²) in [5, 5.41) is 3.38. The topological polar surface area (TPSA) is 37.8 Å². The molecular formula is C16H23N3. The van der Waals surface area contributed by atoms with Gasteiger partial charge in [0, 0.05) is 0 Å². The van der Waals surface area contributed by atoms with Crippen molar-refractivity contribution in [3.63, 3.8) is 0 Å². The molecule has 0 fully saturated rings. The van der Waals surface area contributed by atoms with Gasteiger partial charge in [0.1, 0.15) is 0 Å². The molecule has 1 unspecified atom stereocenters. The minimum absolute atomic E-state index is 0.294. The van der Waals surface area contributed by atoms with Crippen molar-refractivity contribution in [1.29, 1.82) is 0 Å². The molecule has 1 aromatic carbocycles. The molecule has 1 heterocycles. The van der Waals surface area contributed by atoms with E-state index in [-0.39, 0.29) is 0 Å². The van der Waals surface area contributed by atoms with Gasteiger partial charge in [-0.25, -0.2) is 4.98 Å². The average Bonchev–Trinajstić information content (AvgIpc) is 2.48. The van der Waals surface area contributed by atoms with Gasteiger partial charge in [0.25, 0.3) is 0 Å². The van der Waals surface area contributed by atoms with Crippen molar-refractivity contribution in [3.8, 4) is 0 Å². The summed E-state index contributed by atoms with van der Waals surface area (Å²) in [5.74, 6) is 0.741. The molecule has 2 rings (SSSR count). The molecule has 2 aromatic rings. The lowest BCUT2D eigenvalue weighted by molar-refractivity contribution is 0.381. The van der Waals surface area contributed by atoms with Crippen LogP contribution in [0.25, 0.3) is 11.0 Å². The summed E-state index contributed by atoms with van der Waals surface area (Å²) in [6, 6.07) is 8.32. The van der Waals surface area contributed by atoms with Gasteiger partial charge >= 0.3 is 0 Å². The lowest BCUT2D eigenvalue weighted by atomic mass is 9.93. The lowest BCUT2D eigenvalue weighted by Gasteiger charge is -2.21. The van der Waals surface area contributed by atoms with Gasteiger partial charge in [0.05, 0.1) is 29.0 Å². The number of rotatable bonds is 6. The van der Waals surface area contributed by atoms with Crippen molar-refractivity contribution in [2.24, 2.45) is 5.92 Å². The third-order valence-electron chi connectivity index (χ3n) is 3.90. The molecule has 3 heteroatoms. The van der Waals surface area contributed by atoms with E-state index in [2.05, 4.69) is 24.1 Å². The molecule has 0 bridgehead atoms. The fourth-order valence-corrected chi connectivity index (χ4v) is 2.48. The third kappa shape index (κ3) is 3.29. The van der Waals surface area contributed by atoms with Crippen molar-refractivity contribution in [2.45, 2.75) is 39.2 Å². The van der Waals surface area contributed by atoms with E-state index in [0.29, 0.717) is 6.04 Å². The predicted molar refractivity (Wildman–Crippen MR) is 80.0 cm³/mol. The Labute approximate surface area is 115 Å². The highest BCUT2D eigenvalue weighted by atomic mass is 14.9. The zero-order chi connectivity index (χ0) is 13.7. The van der Waals surface area contributed by atoms with Crippen molar-refractivity contribution in [1.82, 2.24) is 15.3 Å². The zero-order valence-electron chi connectivity index (χ0n) is 12.1. The second-order valence-corrected chi connectivity index (χ2v) is 5.04. The first-order chi connectivity index (χ1) is 9.28. The zero-order valence-corrected chi connectivity index (χ0v) is 12.1. The first-order valence-electron chi connectivity index (χ1n) is 7.17. The van der Waals surface area contributed by atoms with Gasteiger partial charge in [0.2, 0.25) is 0 Å². The quantitative estimate of drug-likeness (QED) is 0.857. The van der Waals surface area contributed by atoms with E-state index in [1.807, 2.05) is 37.5 Å². The maximum atomic E-state index is 4.74. The SMILES string of the molecule is CCC(CC)CC(NC)c1cnc2ccccc2n1. The van der Waals surface area contributed by atoms with E-state index < -0.39 is 0 Å². The first kappa shape index (κ1) is 13.9. The number of nitrogens with one attached hydrogen (secondary N) is 1. The number of hydrogen-bond acceptors (Lipinski definition) is 3. The summed E-state index contributed by atoms with van der Waals surface area (Å²) in [6.07, 6.45) is 5.47. The highest BCUT2D eigenvalue weighted by molar-refractivity contribution is 5.73. The number of fused-ring (bicyclic) bond motifs is 1. The summed E-state index contributed by atoms with van der Waals surface area (Å²) in [6.45, 7) is 4.51. The first-order valence-corrected chi connectivity index (χ1v) is 7.17. The maximum absolute atomic E-state index is 4.74. The van der Waals surface area contributed by atoms with Crippen LogP contribution in [0.15, 0.2) is 30.5 Å². The Hall–Kier alpha value is -1.48. The fourth-order valence-electron chi connectivity index (χ4n) is 2.48. The van der Waals surface area contributed by atoms with E-state index in [0.717, 1.165) is 29.1 Å². The number of para-hydroxylation sites is 2. The molecule has 0 spiro atoms. The van der Waals surface area contributed by atoms with E-state index in [4.69, 9.17) is 4.98 Å². The Morgan fingerprint density at radius 1 is 1.11 bits per heavy atom. The van der Waals surface area contributed by atoms with Crippen molar-refractivity contribution < 1.29 is 0 Å². The van der Waals surface area contributed by atoms with Crippen molar-refractivity contribution in [2.75, 3.05) is 7.05 Å². The van der Waals surface area contributed by atoms with Gasteiger partial charge in [0.15, 0.2) is 0 Å². The molecule has 0 aliphatic carbocycles. The molecule has 3 nitrogen and oxygen atoms in total. The highest BCUT2D eigenvalue weighted by Crippen LogP contribution is 2.24. The van der Waals surface area contributed by atoms with Gasteiger partial charge < -0.3 is 5.32 Å². The molecule has 102 valence electrons. The van der Waals surface area contributed by atoms with Crippen LogP contribution in [-0.2, 0) is 0 Å². The largest absolute Gasteiger partial charge is 0.312 e. The molecular weight excluding hydrogens is 234 g/mol. The number of benzene rings is 1. The van der Waals surface area contributed by atoms with Crippen LogP contribution in [0.4, 0.5) is 0 Å². The second kappa shape index (κ2) is 6.62. The van der Waals surface area contributed by atoms with Crippen molar-refractivity contribution in [3.05, 3.63) is 36.2 Å². The minimum atomic E-state index is 0.294. The van der Waals surface area contributed by atoms with Crippen LogP contribution in [0.1, 0.15) is 44.8 Å². The summed E-state index contributed by atoms with van der Waals surface area (Å²) >= 11 is 0. The Morgan fingerprint density at radius 2 is 1.79 bits per heavy atom. The number of hydrogen-bond donors (Lipinski definition) is 1. The Bertz CT molecular complexity index is 520. The molecule has 0 aliphatic heterocycles. The summed E-state index contributed by atoms with van der Waals surface area (Å²) in [5.41, 5.74) is 2.99. The standard InChI is InChI=1S/C16H23N3/c1-4-12(5-2)10-15(17-3)16-11-18-13-8-6-7-9-14(13)19-16/h6-9,11-12,15,17H,4-5,10H2,1-3H3. The smallest absolute Gasteiger partial charge is 0.0890 e. The van der Waals surface area contributed by atoms with Gasteiger partial charge in [-0.05, 0) is 31.5 Å². The van der Waals surface area contributed by atoms with Crippen LogP contribution in [0.5, 0.6) is 0 Å². The normalized spacial score (nSPS) is 13.1. The molecule has 1 N–H and O–H groups in total. The fraction of sp³-hybridized carbons (Fsp3) is 0.500.